The van der Waals surface area contributed by atoms with Crippen LogP contribution in [0.4, 0.5) is 0 Å². The van der Waals surface area contributed by atoms with Crippen molar-refractivity contribution >= 4 is 100 Å². The number of fused-ring (bicyclic) bond motifs is 4. The van der Waals surface area contributed by atoms with Crippen molar-refractivity contribution in [3.63, 3.8) is 0 Å². The van der Waals surface area contributed by atoms with Crippen LogP contribution >= 0.6 is 23.5 Å². The Hall–Kier alpha value is -8.18. The molecule has 6 rings (SSSR count). The van der Waals surface area contributed by atoms with E-state index in [1.807, 2.05) is 22.8 Å². The Balaban J connectivity index is 0.985. The first-order valence-corrected chi connectivity index (χ1v) is 41.6. The summed E-state index contributed by atoms with van der Waals surface area (Å²) in [5.74, 6) is -9.42. The summed E-state index contributed by atoms with van der Waals surface area (Å²) in [5, 5.41) is 58.9. The molecule has 630 valence electrons. The minimum absolute atomic E-state index is 0.0304. The van der Waals surface area contributed by atoms with E-state index in [-0.39, 0.29) is 105 Å². The van der Waals surface area contributed by atoms with Crippen LogP contribution in [-0.2, 0) is 94.5 Å². The third-order valence-corrected chi connectivity index (χ3v) is 21.5. The molecule has 1 aromatic heterocycles. The van der Waals surface area contributed by atoms with Gasteiger partial charge in [0.2, 0.25) is 65.0 Å². The maximum Gasteiger partial charge on any atom is 0.327 e. The molecule has 0 radical (unpaired) electrons. The summed E-state index contributed by atoms with van der Waals surface area (Å²) in [5.41, 5.74) is 13.2. The Morgan fingerprint density at radius 2 is 1.21 bits per heavy atom. The molecule has 2 bridgehead atoms. The highest BCUT2D eigenvalue weighted by atomic mass is 32.2. The first-order valence-electron chi connectivity index (χ1n) is 39.3. The number of nitrogens with zero attached hydrogens (tertiary/aromatic N) is 5. The minimum atomic E-state index is -1.77. The van der Waals surface area contributed by atoms with Gasteiger partial charge < -0.3 is 109 Å². The van der Waals surface area contributed by atoms with Crippen LogP contribution in [0, 0.1) is 5.92 Å². The predicted octanol–water partition coefficient (Wildman–Crippen LogP) is -3.08. The van der Waals surface area contributed by atoms with E-state index >= 15 is 4.79 Å². The van der Waals surface area contributed by atoms with Crippen LogP contribution in [0.2, 0.25) is 0 Å². The summed E-state index contributed by atoms with van der Waals surface area (Å²) in [4.78, 5) is 189. The average molecular weight is 1630 g/mol. The summed E-state index contributed by atoms with van der Waals surface area (Å²) >= 11 is 2.44. The summed E-state index contributed by atoms with van der Waals surface area (Å²) in [6.07, 6.45) is 3.25. The molecule has 17 N–H and O–H groups in total. The fraction of sp³-hybridized carbons (Fsp3) is 0.680. The van der Waals surface area contributed by atoms with Crippen molar-refractivity contribution in [2.45, 2.75) is 170 Å². The summed E-state index contributed by atoms with van der Waals surface area (Å²) < 4.78 is 16.9. The van der Waals surface area contributed by atoms with Crippen LogP contribution in [0.15, 0.2) is 48.8 Å². The number of benzene rings is 1. The van der Waals surface area contributed by atoms with Crippen LogP contribution in [0.5, 0.6) is 0 Å². The number of aliphatic carboxylic acids is 2. The summed E-state index contributed by atoms with van der Waals surface area (Å²) in [6.45, 7) is 11.9. The van der Waals surface area contributed by atoms with E-state index < -0.39 is 132 Å². The number of hydrogen-bond donors (Lipinski definition) is 15. The van der Waals surface area contributed by atoms with Gasteiger partial charge in [-0.05, 0) is 75.0 Å². The molecule has 0 aliphatic carbocycles. The lowest BCUT2D eigenvalue weighted by Crippen LogP contribution is -2.61. The number of ether oxygens (including phenoxy) is 3. The first-order chi connectivity index (χ1) is 54.5. The number of thioether (sulfide) groups is 2. The lowest BCUT2D eigenvalue weighted by Gasteiger charge is -2.36. The van der Waals surface area contributed by atoms with Crippen LogP contribution < -0.4 is 64.6 Å². The molecular weight excluding hydrogens is 1510 g/mol. The van der Waals surface area contributed by atoms with Gasteiger partial charge in [0.05, 0.1) is 45.0 Å². The van der Waals surface area contributed by atoms with Gasteiger partial charge in [-0.15, -0.1) is 0 Å². The molecule has 1 unspecified atom stereocenters. The van der Waals surface area contributed by atoms with E-state index in [9.17, 15) is 72.9 Å². The maximum absolute atomic E-state index is 15.1. The second kappa shape index (κ2) is 52.3. The van der Waals surface area contributed by atoms with Crippen molar-refractivity contribution in [3.05, 3.63) is 65.5 Å². The lowest BCUT2D eigenvalue weighted by atomic mass is 10.0. The molecule has 4 aliphatic rings. The highest BCUT2D eigenvalue weighted by Gasteiger charge is 2.45. The van der Waals surface area contributed by atoms with Gasteiger partial charge in [-0.1, -0.05) is 56.2 Å². The molecule has 5 heterocycles. The molecular formula is C75H119N17O19S2. The zero-order valence-corrected chi connectivity index (χ0v) is 66.7. The standard InChI is InChI=1S/C75H119N17O19S2/c1-3-4-14-55(83-63(95)19-18-62(94)81-23-10-33-109-35-37-111-38-36-110-34-11-24-82-64(96)45-89-29-31-90(32-30-89)72(104)54(43-78-25-21-76)44-79-26-22-77)67(99)86-58-48-112-46-52-39-53(42-80-41-52)47-113-49-59(75(107)108)87-69(101)57(40-51-12-6-5-7-13-51)85-68(100)56(17-20-65(97)98)84-71(103)66(50(2)93)88-70(102)60-15-8-27-91(60)74(106)61-16-9-28-92(61)73(58)105/h5-7,12-13,39,41-42,50,54-61,66,78-79,93H,3-4,8-11,14-38,40,43-49,76-77H2,1-2H3,(H,81,94)(H,82,96)(H,83,95)(H,84,103)(H,85,100)(H,86,99)(H,87,101)(H,88,102)(H,97,98)(H,107,108)/t50-,55+,56+,57+,58+,59?,60+,61+,66+/m1/s1. The van der Waals surface area contributed by atoms with Crippen molar-refractivity contribution < 1.29 is 91.9 Å². The van der Waals surface area contributed by atoms with E-state index in [2.05, 4.69) is 58.2 Å². The van der Waals surface area contributed by atoms with Gasteiger partial charge in [-0.2, -0.15) is 23.5 Å². The molecule has 0 saturated carbocycles. The topological polar surface area (TPSA) is 508 Å². The monoisotopic (exact) mass is 1630 g/mol. The molecule has 0 spiro atoms. The molecule has 36 nitrogen and oxygen atoms in total. The largest absolute Gasteiger partial charge is 0.481 e. The number of piperazine rings is 1. The zero-order chi connectivity index (χ0) is 81.9. The number of unbranched alkanes of at least 4 members (excludes halogenated alkanes) is 1. The van der Waals surface area contributed by atoms with E-state index in [1.54, 1.807) is 42.7 Å². The Bertz CT molecular complexity index is 3360. The smallest absolute Gasteiger partial charge is 0.327 e. The van der Waals surface area contributed by atoms with E-state index in [4.69, 9.17) is 25.7 Å². The molecule has 4 aliphatic heterocycles. The number of aromatic nitrogens is 1. The average Bonchev–Trinajstić information content (AvgIpc) is 1.67. The number of pyridine rings is 1. The van der Waals surface area contributed by atoms with Gasteiger partial charge in [-0.3, -0.25) is 67.4 Å². The predicted molar refractivity (Wildman–Crippen MR) is 421 cm³/mol. The number of carboxylic acid groups (broad SMARTS) is 2. The minimum Gasteiger partial charge on any atom is -0.481 e. The third-order valence-electron chi connectivity index (χ3n) is 19.3. The van der Waals surface area contributed by atoms with Crippen LogP contribution in [-0.4, -0.2) is 321 Å². The Morgan fingerprint density at radius 3 is 1.81 bits per heavy atom. The number of hydrogen-bond acceptors (Lipinski definition) is 25. The Morgan fingerprint density at radius 1 is 0.637 bits per heavy atom. The van der Waals surface area contributed by atoms with Gasteiger partial charge in [0, 0.05) is 166 Å². The lowest BCUT2D eigenvalue weighted by molar-refractivity contribution is -0.148. The van der Waals surface area contributed by atoms with E-state index in [0.717, 1.165) is 0 Å². The van der Waals surface area contributed by atoms with Crippen molar-refractivity contribution in [2.24, 2.45) is 17.4 Å². The number of carbonyl (C=O) groups excluding carboxylic acids is 11. The maximum atomic E-state index is 15.1. The van der Waals surface area contributed by atoms with Crippen molar-refractivity contribution in [1.29, 1.82) is 0 Å². The van der Waals surface area contributed by atoms with Crippen molar-refractivity contribution in [2.75, 3.05) is 149 Å². The van der Waals surface area contributed by atoms with Crippen molar-refractivity contribution in [1.82, 2.24) is 77.8 Å². The molecule has 3 saturated heterocycles. The van der Waals surface area contributed by atoms with Gasteiger partial charge >= 0.3 is 11.9 Å². The second-order valence-electron chi connectivity index (χ2n) is 28.3. The molecule has 3 fully saturated rings. The second-order valence-corrected chi connectivity index (χ2v) is 30.4. The number of nitrogens with two attached hydrogens (primary N) is 2. The fourth-order valence-electron chi connectivity index (χ4n) is 13.2. The summed E-state index contributed by atoms with van der Waals surface area (Å²) in [7, 11) is 0. The number of aliphatic hydroxyl groups excluding tert-OH is 1. The molecule has 11 amide bonds. The molecule has 1 aromatic carbocycles. The van der Waals surface area contributed by atoms with Crippen LogP contribution in [0.25, 0.3) is 0 Å². The third kappa shape index (κ3) is 34.0. The van der Waals surface area contributed by atoms with Crippen molar-refractivity contribution in [3.8, 4) is 0 Å². The highest BCUT2D eigenvalue weighted by molar-refractivity contribution is 7.98. The Labute approximate surface area is 668 Å². The van der Waals surface area contributed by atoms with Gasteiger partial charge in [0.25, 0.3) is 0 Å². The zero-order valence-electron chi connectivity index (χ0n) is 65.1. The highest BCUT2D eigenvalue weighted by Crippen LogP contribution is 2.28. The molecule has 9 atom stereocenters. The number of nitrogens with one attached hydrogen (secondary N) is 10. The summed E-state index contributed by atoms with van der Waals surface area (Å²) in [6, 6.07) is -0.806. The molecule has 113 heavy (non-hydrogen) atoms. The SMILES string of the molecule is CCCC[C@H](NC(=O)CCC(=O)NCCCOCCOCCOCCCNC(=O)CN1CCN(C(=O)C(CNCCN)CNCCN)CC1)C(=O)N[C@H]1CSCc2cncc(c2)CSCC(C(=O)O)NC(=O)[C@H](Cc2ccccc2)NC(=O)[C@H](CCC(=O)O)NC(=O)[C@H]([C@@H](C)O)NC(=O)[C@@H]2CCCN2C(=O)[C@@H]2CCCN2C1=O. The normalized spacial score (nSPS) is 21.3. The first kappa shape index (κ1) is 93.7. The van der Waals surface area contributed by atoms with Crippen LogP contribution in [0.1, 0.15) is 114 Å². The van der Waals surface area contributed by atoms with Gasteiger partial charge in [0.1, 0.15) is 48.3 Å². The number of aliphatic hydroxyl groups is 1. The van der Waals surface area contributed by atoms with Crippen LogP contribution in [0.3, 0.4) is 0 Å². The van der Waals surface area contributed by atoms with Gasteiger partial charge in [0.15, 0.2) is 0 Å². The number of carboxylic acids is 2. The number of carbonyl (C=O) groups is 13. The van der Waals surface area contributed by atoms with E-state index in [0.29, 0.717) is 167 Å². The van der Waals surface area contributed by atoms with E-state index in [1.165, 1.54) is 40.2 Å². The van der Waals surface area contributed by atoms with Gasteiger partial charge in [-0.25, -0.2) is 4.79 Å². The molecule has 2 aromatic rings. The fourth-order valence-corrected chi connectivity index (χ4v) is 15.1. The Kier molecular flexibility index (Phi) is 43.4. The quantitative estimate of drug-likeness (QED) is 0.0294. The number of rotatable bonds is 41. The molecule has 38 heteroatoms. The number of amides is 11.